The van der Waals surface area contributed by atoms with Crippen LogP contribution in [0.3, 0.4) is 0 Å². The predicted octanol–water partition coefficient (Wildman–Crippen LogP) is 2.16. The van der Waals surface area contributed by atoms with Crippen molar-refractivity contribution in [1.29, 1.82) is 0 Å². The molecule has 2 rings (SSSR count). The van der Waals surface area contributed by atoms with Crippen LogP contribution in [-0.2, 0) is 17.8 Å². The summed E-state index contributed by atoms with van der Waals surface area (Å²) in [6.07, 6.45) is 0.300. The number of hydrogen-bond acceptors (Lipinski definition) is 3. The van der Waals surface area contributed by atoms with Gasteiger partial charge in [0.05, 0.1) is 6.42 Å². The molecule has 0 unspecified atom stereocenters. The third-order valence-electron chi connectivity index (χ3n) is 3.48. The Kier molecular flexibility index (Phi) is 4.95. The van der Waals surface area contributed by atoms with E-state index in [1.807, 2.05) is 24.3 Å². The van der Waals surface area contributed by atoms with E-state index >= 15 is 0 Å². The molecular formula is C17H21N3O. The molecule has 0 radical (unpaired) electrons. The van der Waals surface area contributed by atoms with E-state index in [1.54, 1.807) is 0 Å². The van der Waals surface area contributed by atoms with Gasteiger partial charge in [0.25, 0.3) is 0 Å². The van der Waals surface area contributed by atoms with Crippen LogP contribution in [0.2, 0.25) is 0 Å². The zero-order chi connectivity index (χ0) is 15.2. The number of amides is 1. The van der Waals surface area contributed by atoms with Crippen molar-refractivity contribution in [3.05, 3.63) is 65.2 Å². The van der Waals surface area contributed by atoms with Gasteiger partial charge in [-0.2, -0.15) is 0 Å². The Morgan fingerprint density at radius 3 is 2.52 bits per heavy atom. The van der Waals surface area contributed by atoms with Gasteiger partial charge < -0.3 is 4.90 Å². The van der Waals surface area contributed by atoms with Crippen LogP contribution in [0.15, 0.2) is 48.5 Å². The number of carbonyl (C=O) groups is 1. The number of rotatable bonds is 5. The van der Waals surface area contributed by atoms with Gasteiger partial charge in [-0.25, -0.2) is 5.84 Å². The van der Waals surface area contributed by atoms with Crippen LogP contribution in [0.4, 0.5) is 5.69 Å². The Morgan fingerprint density at radius 2 is 1.86 bits per heavy atom. The number of nitrogens with one attached hydrogen (secondary N) is 1. The minimum Gasteiger partial charge on any atom is -0.370 e. The predicted molar refractivity (Wildman–Crippen MR) is 85.8 cm³/mol. The molecule has 3 N–H and O–H groups in total. The summed E-state index contributed by atoms with van der Waals surface area (Å²) in [5.74, 6) is 4.99. The first-order chi connectivity index (χ1) is 10.1. The van der Waals surface area contributed by atoms with E-state index in [4.69, 9.17) is 5.84 Å². The highest BCUT2D eigenvalue weighted by Gasteiger charge is 2.09. The Morgan fingerprint density at radius 1 is 1.14 bits per heavy atom. The van der Waals surface area contributed by atoms with Crippen LogP contribution in [0.5, 0.6) is 0 Å². The SMILES string of the molecule is Cc1cccc(N(C)Cc2ccccc2CC(=O)NN)c1. The van der Waals surface area contributed by atoms with Crippen molar-refractivity contribution in [1.82, 2.24) is 5.43 Å². The highest BCUT2D eigenvalue weighted by atomic mass is 16.2. The molecular weight excluding hydrogens is 262 g/mol. The zero-order valence-corrected chi connectivity index (χ0v) is 12.5. The molecule has 0 heterocycles. The summed E-state index contributed by atoms with van der Waals surface area (Å²) in [6, 6.07) is 16.3. The molecule has 0 aliphatic rings. The van der Waals surface area contributed by atoms with Gasteiger partial charge in [0.1, 0.15) is 0 Å². The molecule has 0 saturated heterocycles. The van der Waals surface area contributed by atoms with Crippen molar-refractivity contribution in [3.63, 3.8) is 0 Å². The van der Waals surface area contributed by atoms with Crippen LogP contribution < -0.4 is 16.2 Å². The summed E-state index contributed by atoms with van der Waals surface area (Å²) in [7, 11) is 2.05. The molecule has 4 heteroatoms. The minimum atomic E-state index is -0.180. The summed E-state index contributed by atoms with van der Waals surface area (Å²) < 4.78 is 0. The Labute approximate surface area is 125 Å². The molecule has 0 atom stereocenters. The van der Waals surface area contributed by atoms with Crippen LogP contribution in [0.25, 0.3) is 0 Å². The first-order valence-corrected chi connectivity index (χ1v) is 6.94. The van der Waals surface area contributed by atoms with E-state index in [0.717, 1.165) is 23.4 Å². The van der Waals surface area contributed by atoms with Crippen LogP contribution >= 0.6 is 0 Å². The number of anilines is 1. The lowest BCUT2D eigenvalue weighted by Crippen LogP contribution is -2.31. The van der Waals surface area contributed by atoms with Crippen LogP contribution in [-0.4, -0.2) is 13.0 Å². The van der Waals surface area contributed by atoms with Crippen molar-refractivity contribution in [2.24, 2.45) is 5.84 Å². The summed E-state index contributed by atoms with van der Waals surface area (Å²) in [4.78, 5) is 13.7. The number of benzene rings is 2. The molecule has 4 nitrogen and oxygen atoms in total. The van der Waals surface area contributed by atoms with E-state index < -0.39 is 0 Å². The van der Waals surface area contributed by atoms with Gasteiger partial charge in [-0.05, 0) is 35.7 Å². The van der Waals surface area contributed by atoms with Gasteiger partial charge >= 0.3 is 0 Å². The monoisotopic (exact) mass is 283 g/mol. The fraction of sp³-hybridized carbons (Fsp3) is 0.235. The number of nitrogens with two attached hydrogens (primary N) is 1. The maximum Gasteiger partial charge on any atom is 0.238 e. The van der Waals surface area contributed by atoms with Crippen molar-refractivity contribution >= 4 is 11.6 Å². The van der Waals surface area contributed by atoms with Crippen molar-refractivity contribution in [2.45, 2.75) is 19.9 Å². The molecule has 1 amide bonds. The lowest BCUT2D eigenvalue weighted by molar-refractivity contribution is -0.120. The summed E-state index contributed by atoms with van der Waals surface area (Å²) in [6.45, 7) is 2.83. The number of hydrazine groups is 1. The Hall–Kier alpha value is -2.33. The van der Waals surface area contributed by atoms with Crippen molar-refractivity contribution in [3.8, 4) is 0 Å². The molecule has 0 saturated carbocycles. The van der Waals surface area contributed by atoms with Gasteiger partial charge in [-0.15, -0.1) is 0 Å². The van der Waals surface area contributed by atoms with Gasteiger partial charge in [-0.1, -0.05) is 36.4 Å². The second-order valence-corrected chi connectivity index (χ2v) is 5.21. The molecule has 0 fully saturated rings. The lowest BCUT2D eigenvalue weighted by atomic mass is 10.0. The number of hydrogen-bond donors (Lipinski definition) is 2. The second-order valence-electron chi connectivity index (χ2n) is 5.21. The smallest absolute Gasteiger partial charge is 0.238 e. The normalized spacial score (nSPS) is 10.2. The number of aryl methyl sites for hydroxylation is 1. The molecule has 0 spiro atoms. The zero-order valence-electron chi connectivity index (χ0n) is 12.5. The van der Waals surface area contributed by atoms with E-state index in [0.29, 0.717) is 6.42 Å². The van der Waals surface area contributed by atoms with Crippen molar-refractivity contribution in [2.75, 3.05) is 11.9 Å². The Bertz CT molecular complexity index is 625. The molecule has 2 aromatic rings. The van der Waals surface area contributed by atoms with E-state index in [9.17, 15) is 4.79 Å². The quantitative estimate of drug-likeness (QED) is 0.502. The molecule has 2 aromatic carbocycles. The van der Waals surface area contributed by atoms with Gasteiger partial charge in [0.2, 0.25) is 5.91 Å². The minimum absolute atomic E-state index is 0.180. The third-order valence-corrected chi connectivity index (χ3v) is 3.48. The fourth-order valence-electron chi connectivity index (χ4n) is 2.32. The second kappa shape index (κ2) is 6.90. The summed E-state index contributed by atoms with van der Waals surface area (Å²) in [5.41, 5.74) is 6.70. The highest BCUT2D eigenvalue weighted by Crippen LogP contribution is 2.19. The Balaban J connectivity index is 2.17. The highest BCUT2D eigenvalue weighted by molar-refractivity contribution is 5.78. The first kappa shape index (κ1) is 15.1. The third kappa shape index (κ3) is 4.07. The molecule has 110 valence electrons. The summed E-state index contributed by atoms with van der Waals surface area (Å²) in [5, 5.41) is 0. The molecule has 0 aliphatic heterocycles. The largest absolute Gasteiger partial charge is 0.370 e. The van der Waals surface area contributed by atoms with Crippen LogP contribution in [0.1, 0.15) is 16.7 Å². The molecule has 0 aromatic heterocycles. The van der Waals surface area contributed by atoms with E-state index in [-0.39, 0.29) is 5.91 Å². The van der Waals surface area contributed by atoms with Gasteiger partial charge in [0.15, 0.2) is 0 Å². The van der Waals surface area contributed by atoms with Gasteiger partial charge in [0, 0.05) is 19.3 Å². The number of nitrogens with zero attached hydrogens (tertiary/aromatic N) is 1. The number of carbonyl (C=O) groups excluding carboxylic acids is 1. The lowest BCUT2D eigenvalue weighted by Gasteiger charge is -2.21. The maximum absolute atomic E-state index is 11.5. The summed E-state index contributed by atoms with van der Waals surface area (Å²) >= 11 is 0. The van der Waals surface area contributed by atoms with Crippen LogP contribution in [0, 0.1) is 6.92 Å². The molecule has 0 aliphatic carbocycles. The van der Waals surface area contributed by atoms with E-state index in [1.165, 1.54) is 5.56 Å². The molecule has 0 bridgehead atoms. The fourth-order valence-corrected chi connectivity index (χ4v) is 2.32. The van der Waals surface area contributed by atoms with Crippen molar-refractivity contribution < 1.29 is 4.79 Å². The van der Waals surface area contributed by atoms with Gasteiger partial charge in [-0.3, -0.25) is 10.2 Å². The maximum atomic E-state index is 11.5. The van der Waals surface area contributed by atoms with E-state index in [2.05, 4.69) is 48.6 Å². The standard InChI is InChI=1S/C17H21N3O/c1-13-6-5-9-16(10-13)20(2)12-15-8-4-3-7-14(15)11-17(21)19-18/h3-10H,11-12,18H2,1-2H3,(H,19,21). The first-order valence-electron chi connectivity index (χ1n) is 6.94. The average molecular weight is 283 g/mol. The average Bonchev–Trinajstić information content (AvgIpc) is 2.49. The molecule has 21 heavy (non-hydrogen) atoms. The topological polar surface area (TPSA) is 58.4 Å².